The van der Waals surface area contributed by atoms with Crippen LogP contribution in [0.2, 0.25) is 0 Å². The van der Waals surface area contributed by atoms with E-state index in [9.17, 15) is 9.59 Å². The van der Waals surface area contributed by atoms with E-state index in [0.717, 1.165) is 41.7 Å². The normalized spacial score (nSPS) is 14.6. The molecule has 3 aromatic rings. The largest absolute Gasteiger partial charge is 0.352 e. The van der Waals surface area contributed by atoms with Crippen molar-refractivity contribution in [2.24, 2.45) is 0 Å². The van der Waals surface area contributed by atoms with Crippen LogP contribution >= 0.6 is 11.8 Å². The van der Waals surface area contributed by atoms with Gasteiger partial charge in [0.2, 0.25) is 11.8 Å². The van der Waals surface area contributed by atoms with E-state index < -0.39 is 6.04 Å². The SMILES string of the molecule is Cc1ccc(CN(C(=O)CCSc2ccccc2)[C@@H](Cc2ccccc2)C(=O)NC2CCCCC2)cc1. The van der Waals surface area contributed by atoms with Crippen molar-refractivity contribution >= 4 is 23.6 Å². The van der Waals surface area contributed by atoms with E-state index >= 15 is 0 Å². The molecule has 3 aromatic carbocycles. The summed E-state index contributed by atoms with van der Waals surface area (Å²) in [5, 5.41) is 3.31. The maximum absolute atomic E-state index is 13.8. The zero-order chi connectivity index (χ0) is 25.9. The number of benzene rings is 3. The van der Waals surface area contributed by atoms with E-state index in [-0.39, 0.29) is 17.9 Å². The van der Waals surface area contributed by atoms with Crippen LogP contribution in [0.1, 0.15) is 55.2 Å². The first-order chi connectivity index (χ1) is 18.1. The summed E-state index contributed by atoms with van der Waals surface area (Å²) in [6.45, 7) is 2.48. The first kappa shape index (κ1) is 27.0. The lowest BCUT2D eigenvalue weighted by Crippen LogP contribution is -2.52. The molecule has 4 rings (SSSR count). The van der Waals surface area contributed by atoms with E-state index in [1.54, 1.807) is 11.8 Å². The molecule has 0 heterocycles. The fourth-order valence-corrected chi connectivity index (χ4v) is 5.77. The Bertz CT molecular complexity index is 1110. The number of hydrogen-bond donors (Lipinski definition) is 1. The highest BCUT2D eigenvalue weighted by molar-refractivity contribution is 7.99. The molecule has 0 aromatic heterocycles. The number of nitrogens with zero attached hydrogens (tertiary/aromatic N) is 1. The Kier molecular flexibility index (Phi) is 10.2. The molecule has 0 unspecified atom stereocenters. The molecule has 0 aliphatic heterocycles. The van der Waals surface area contributed by atoms with E-state index in [1.165, 1.54) is 12.0 Å². The second-order valence-corrected chi connectivity index (χ2v) is 11.1. The van der Waals surface area contributed by atoms with Gasteiger partial charge in [-0.25, -0.2) is 0 Å². The third-order valence-electron chi connectivity index (χ3n) is 7.02. The highest BCUT2D eigenvalue weighted by atomic mass is 32.2. The highest BCUT2D eigenvalue weighted by Crippen LogP contribution is 2.22. The smallest absolute Gasteiger partial charge is 0.243 e. The summed E-state index contributed by atoms with van der Waals surface area (Å²) < 4.78 is 0. The zero-order valence-corrected chi connectivity index (χ0v) is 22.6. The summed E-state index contributed by atoms with van der Waals surface area (Å²) in [5.74, 6) is 0.658. The van der Waals surface area contributed by atoms with Gasteiger partial charge in [-0.05, 0) is 43.0 Å². The van der Waals surface area contributed by atoms with E-state index in [4.69, 9.17) is 0 Å². The molecule has 0 spiro atoms. The third kappa shape index (κ3) is 8.50. The quantitative estimate of drug-likeness (QED) is 0.295. The van der Waals surface area contributed by atoms with Gasteiger partial charge in [0, 0.05) is 36.1 Å². The molecule has 0 bridgehead atoms. The molecule has 1 atom stereocenters. The van der Waals surface area contributed by atoms with Gasteiger partial charge in [-0.1, -0.05) is 97.6 Å². The molecular weight excluding hydrogens is 476 g/mol. The van der Waals surface area contributed by atoms with Crippen LogP contribution in [0.25, 0.3) is 0 Å². The van der Waals surface area contributed by atoms with Gasteiger partial charge in [0.1, 0.15) is 6.04 Å². The van der Waals surface area contributed by atoms with Crippen molar-refractivity contribution in [2.75, 3.05) is 5.75 Å². The Hall–Kier alpha value is -3.05. The number of hydrogen-bond acceptors (Lipinski definition) is 3. The van der Waals surface area contributed by atoms with Crippen LogP contribution in [0, 0.1) is 6.92 Å². The average molecular weight is 515 g/mol. The standard InChI is InChI=1S/C32H38N2O2S/c1-25-17-19-27(20-18-25)24-34(31(35)21-22-37-29-15-9-4-10-16-29)30(23-26-11-5-2-6-12-26)32(36)33-28-13-7-3-8-14-28/h2,4-6,9-12,15-20,28,30H,3,7-8,13-14,21-24H2,1H3,(H,33,36)/t30-/m0/s1. The van der Waals surface area contributed by atoms with E-state index in [1.807, 2.05) is 53.4 Å². The molecule has 1 aliphatic carbocycles. The van der Waals surface area contributed by atoms with Crippen LogP contribution in [-0.4, -0.2) is 34.6 Å². The van der Waals surface area contributed by atoms with Crippen molar-refractivity contribution in [1.29, 1.82) is 0 Å². The van der Waals surface area contributed by atoms with E-state index in [0.29, 0.717) is 25.1 Å². The second-order valence-electron chi connectivity index (χ2n) is 9.97. The number of carbonyl (C=O) groups excluding carboxylic acids is 2. The number of thioether (sulfide) groups is 1. The van der Waals surface area contributed by atoms with Gasteiger partial charge in [0.05, 0.1) is 0 Å². The van der Waals surface area contributed by atoms with Gasteiger partial charge in [0.25, 0.3) is 0 Å². The lowest BCUT2D eigenvalue weighted by atomic mass is 9.94. The second kappa shape index (κ2) is 14.0. The number of carbonyl (C=O) groups is 2. The van der Waals surface area contributed by atoms with Crippen molar-refractivity contribution in [2.45, 2.75) is 75.4 Å². The van der Waals surface area contributed by atoms with Crippen molar-refractivity contribution in [3.05, 3.63) is 102 Å². The number of aryl methyl sites for hydroxylation is 1. The molecule has 5 heteroatoms. The van der Waals surface area contributed by atoms with Crippen molar-refractivity contribution in [3.8, 4) is 0 Å². The summed E-state index contributed by atoms with van der Waals surface area (Å²) in [7, 11) is 0. The topological polar surface area (TPSA) is 49.4 Å². The van der Waals surface area contributed by atoms with Crippen molar-refractivity contribution in [3.63, 3.8) is 0 Å². The summed E-state index contributed by atoms with van der Waals surface area (Å²) in [4.78, 5) is 30.5. The zero-order valence-electron chi connectivity index (χ0n) is 21.8. The maximum atomic E-state index is 13.8. The first-order valence-electron chi connectivity index (χ1n) is 13.5. The van der Waals surface area contributed by atoms with Gasteiger partial charge in [-0.3, -0.25) is 9.59 Å². The number of nitrogens with one attached hydrogen (secondary N) is 1. The molecule has 1 aliphatic rings. The van der Waals surface area contributed by atoms with Crippen LogP contribution in [0.5, 0.6) is 0 Å². The number of rotatable bonds is 11. The highest BCUT2D eigenvalue weighted by Gasteiger charge is 2.31. The molecule has 2 amide bonds. The molecule has 1 N–H and O–H groups in total. The summed E-state index contributed by atoms with van der Waals surface area (Å²) >= 11 is 1.68. The minimum Gasteiger partial charge on any atom is -0.352 e. The van der Waals surface area contributed by atoms with Gasteiger partial charge in [-0.15, -0.1) is 11.8 Å². The van der Waals surface area contributed by atoms with Crippen LogP contribution < -0.4 is 5.32 Å². The Balaban J connectivity index is 1.56. The molecule has 0 saturated heterocycles. The van der Waals surface area contributed by atoms with Gasteiger partial charge < -0.3 is 10.2 Å². The van der Waals surface area contributed by atoms with Crippen LogP contribution in [-0.2, 0) is 22.6 Å². The molecular formula is C32H38N2O2S. The lowest BCUT2D eigenvalue weighted by Gasteiger charge is -2.33. The first-order valence-corrected chi connectivity index (χ1v) is 14.4. The predicted molar refractivity (Wildman–Crippen MR) is 152 cm³/mol. The molecule has 4 nitrogen and oxygen atoms in total. The summed E-state index contributed by atoms with van der Waals surface area (Å²) in [6, 6.07) is 28.1. The fraction of sp³-hybridized carbons (Fsp3) is 0.375. The third-order valence-corrected chi connectivity index (χ3v) is 8.04. The minimum absolute atomic E-state index is 0.0173. The fourth-order valence-electron chi connectivity index (χ4n) is 4.90. The molecule has 1 fully saturated rings. The maximum Gasteiger partial charge on any atom is 0.243 e. The minimum atomic E-state index is -0.556. The summed E-state index contributed by atoms with van der Waals surface area (Å²) in [5.41, 5.74) is 3.28. The number of amides is 2. The molecule has 1 saturated carbocycles. The average Bonchev–Trinajstić information content (AvgIpc) is 2.93. The Morgan fingerprint density at radius 1 is 0.865 bits per heavy atom. The molecule has 0 radical (unpaired) electrons. The van der Waals surface area contributed by atoms with Gasteiger partial charge in [-0.2, -0.15) is 0 Å². The van der Waals surface area contributed by atoms with Crippen molar-refractivity contribution in [1.82, 2.24) is 10.2 Å². The molecule has 194 valence electrons. The van der Waals surface area contributed by atoms with Crippen LogP contribution in [0.15, 0.2) is 89.8 Å². The van der Waals surface area contributed by atoms with Crippen molar-refractivity contribution < 1.29 is 9.59 Å². The summed E-state index contributed by atoms with van der Waals surface area (Å²) in [6.07, 6.45) is 6.45. The van der Waals surface area contributed by atoms with Gasteiger partial charge >= 0.3 is 0 Å². The predicted octanol–water partition coefficient (Wildman–Crippen LogP) is 6.57. The molecule has 37 heavy (non-hydrogen) atoms. The van der Waals surface area contributed by atoms with Crippen LogP contribution in [0.4, 0.5) is 0 Å². The monoisotopic (exact) mass is 514 g/mol. The van der Waals surface area contributed by atoms with Crippen LogP contribution in [0.3, 0.4) is 0 Å². The Labute approximate surface area is 225 Å². The Morgan fingerprint density at radius 3 is 2.19 bits per heavy atom. The Morgan fingerprint density at radius 2 is 1.51 bits per heavy atom. The lowest BCUT2D eigenvalue weighted by molar-refractivity contribution is -0.141. The van der Waals surface area contributed by atoms with E-state index in [2.05, 4.69) is 48.6 Å². The van der Waals surface area contributed by atoms with Gasteiger partial charge in [0.15, 0.2) is 0 Å².